The van der Waals surface area contributed by atoms with E-state index in [0.717, 1.165) is 31.7 Å². The molecule has 1 spiro atoms. The summed E-state index contributed by atoms with van der Waals surface area (Å²) in [4.78, 5) is 0. The Morgan fingerprint density at radius 2 is 2.20 bits per heavy atom. The molecule has 0 aromatic carbocycles. The van der Waals surface area contributed by atoms with E-state index >= 15 is 0 Å². The molecule has 1 saturated heterocycles. The molecule has 1 N–H and O–H groups in total. The molecule has 2 aliphatic rings. The topological polar surface area (TPSA) is 39.1 Å². The summed E-state index contributed by atoms with van der Waals surface area (Å²) in [5, 5.41) is 7.97. The van der Waals surface area contributed by atoms with Crippen molar-refractivity contribution >= 4 is 0 Å². The molecule has 3 rings (SSSR count). The lowest BCUT2D eigenvalue weighted by atomic mass is 9.78. The number of aromatic nitrogens is 2. The van der Waals surface area contributed by atoms with Crippen molar-refractivity contribution in [1.29, 1.82) is 0 Å². The zero-order valence-corrected chi connectivity index (χ0v) is 12.8. The van der Waals surface area contributed by atoms with Gasteiger partial charge in [0.15, 0.2) is 0 Å². The molecule has 1 unspecified atom stereocenters. The fourth-order valence-electron chi connectivity index (χ4n) is 3.84. The molecule has 4 nitrogen and oxygen atoms in total. The maximum atomic E-state index is 6.19. The van der Waals surface area contributed by atoms with E-state index in [0.29, 0.717) is 6.04 Å². The molecule has 1 aromatic rings. The summed E-state index contributed by atoms with van der Waals surface area (Å²) in [5.41, 5.74) is 2.63. The van der Waals surface area contributed by atoms with E-state index in [9.17, 15) is 0 Å². The number of rotatable bonds is 3. The number of nitrogens with one attached hydrogen (secondary N) is 1. The standard InChI is InChI=1S/C16H27N3O/c1-13-14(11-17-2)12-19(18-13)15-6-9-20-16(10-15)7-4-3-5-8-16/h12,15,17H,3-11H2,1-2H3. The van der Waals surface area contributed by atoms with Crippen LogP contribution in [0.3, 0.4) is 0 Å². The molecule has 2 fully saturated rings. The summed E-state index contributed by atoms with van der Waals surface area (Å²) in [6, 6.07) is 0.520. The lowest BCUT2D eigenvalue weighted by molar-refractivity contribution is -0.115. The molecule has 0 radical (unpaired) electrons. The van der Waals surface area contributed by atoms with Crippen LogP contribution < -0.4 is 5.32 Å². The highest BCUT2D eigenvalue weighted by Crippen LogP contribution is 2.42. The van der Waals surface area contributed by atoms with E-state index in [-0.39, 0.29) is 5.60 Å². The van der Waals surface area contributed by atoms with Crippen LogP contribution >= 0.6 is 0 Å². The molecule has 112 valence electrons. The van der Waals surface area contributed by atoms with Crippen molar-refractivity contribution in [1.82, 2.24) is 15.1 Å². The number of nitrogens with zero attached hydrogens (tertiary/aromatic N) is 2. The monoisotopic (exact) mass is 277 g/mol. The second kappa shape index (κ2) is 5.86. The smallest absolute Gasteiger partial charge is 0.0703 e. The van der Waals surface area contributed by atoms with Gasteiger partial charge < -0.3 is 10.1 Å². The van der Waals surface area contributed by atoms with Crippen molar-refractivity contribution in [3.05, 3.63) is 17.5 Å². The zero-order valence-electron chi connectivity index (χ0n) is 12.8. The van der Waals surface area contributed by atoms with Crippen molar-refractivity contribution < 1.29 is 4.74 Å². The lowest BCUT2D eigenvalue weighted by Crippen LogP contribution is -2.42. The fraction of sp³-hybridized carbons (Fsp3) is 0.812. The third-order valence-electron chi connectivity index (χ3n) is 4.99. The van der Waals surface area contributed by atoms with Gasteiger partial charge in [-0.15, -0.1) is 0 Å². The van der Waals surface area contributed by atoms with Gasteiger partial charge in [-0.2, -0.15) is 5.10 Å². The largest absolute Gasteiger partial charge is 0.375 e. The highest BCUT2D eigenvalue weighted by atomic mass is 16.5. The van der Waals surface area contributed by atoms with Gasteiger partial charge in [-0.05, 0) is 39.7 Å². The molecule has 20 heavy (non-hydrogen) atoms. The Morgan fingerprint density at radius 1 is 1.40 bits per heavy atom. The van der Waals surface area contributed by atoms with Gasteiger partial charge in [0, 0.05) is 24.9 Å². The molecule has 1 aliphatic heterocycles. The van der Waals surface area contributed by atoms with E-state index in [1.165, 1.54) is 37.7 Å². The highest BCUT2D eigenvalue weighted by molar-refractivity contribution is 5.15. The van der Waals surface area contributed by atoms with Crippen LogP contribution in [0.15, 0.2) is 6.20 Å². The molecule has 1 aromatic heterocycles. The van der Waals surface area contributed by atoms with Gasteiger partial charge in [-0.3, -0.25) is 4.68 Å². The number of hydrogen-bond acceptors (Lipinski definition) is 3. The van der Waals surface area contributed by atoms with Crippen molar-refractivity contribution in [2.75, 3.05) is 13.7 Å². The van der Waals surface area contributed by atoms with Gasteiger partial charge >= 0.3 is 0 Å². The SMILES string of the molecule is CNCc1cn(C2CCOC3(CCCCC3)C2)nc1C. The second-order valence-corrected chi connectivity index (χ2v) is 6.49. The first-order chi connectivity index (χ1) is 9.72. The summed E-state index contributed by atoms with van der Waals surface area (Å²) in [5.74, 6) is 0. The Bertz CT molecular complexity index is 443. The third kappa shape index (κ3) is 2.77. The van der Waals surface area contributed by atoms with Crippen LogP contribution in [0.2, 0.25) is 0 Å². The predicted octanol–water partition coefficient (Wildman–Crippen LogP) is 2.97. The molecular formula is C16H27N3O. The molecule has 2 heterocycles. The first-order valence-electron chi connectivity index (χ1n) is 8.06. The van der Waals surface area contributed by atoms with Gasteiger partial charge in [0.1, 0.15) is 0 Å². The average Bonchev–Trinajstić information content (AvgIpc) is 2.82. The van der Waals surface area contributed by atoms with Gasteiger partial charge in [-0.1, -0.05) is 19.3 Å². The molecular weight excluding hydrogens is 250 g/mol. The molecule has 4 heteroatoms. The van der Waals surface area contributed by atoms with Gasteiger partial charge in [0.05, 0.1) is 17.3 Å². The quantitative estimate of drug-likeness (QED) is 0.923. The lowest BCUT2D eigenvalue weighted by Gasteiger charge is -2.43. The number of ether oxygens (including phenoxy) is 1. The predicted molar refractivity (Wildman–Crippen MR) is 79.8 cm³/mol. The second-order valence-electron chi connectivity index (χ2n) is 6.49. The molecule has 1 atom stereocenters. The summed E-state index contributed by atoms with van der Waals surface area (Å²) in [6.07, 6.45) is 11.0. The first kappa shape index (κ1) is 14.1. The summed E-state index contributed by atoms with van der Waals surface area (Å²) < 4.78 is 8.40. The van der Waals surface area contributed by atoms with E-state index in [1.807, 2.05) is 7.05 Å². The van der Waals surface area contributed by atoms with Crippen molar-refractivity contribution in [2.45, 2.75) is 70.1 Å². The molecule has 0 bridgehead atoms. The number of aryl methyl sites for hydroxylation is 1. The van der Waals surface area contributed by atoms with Crippen LogP contribution in [-0.4, -0.2) is 29.0 Å². The van der Waals surface area contributed by atoms with E-state index in [4.69, 9.17) is 9.84 Å². The minimum Gasteiger partial charge on any atom is -0.375 e. The summed E-state index contributed by atoms with van der Waals surface area (Å²) in [7, 11) is 1.99. The van der Waals surface area contributed by atoms with Crippen LogP contribution in [0.1, 0.15) is 62.2 Å². The normalized spacial score (nSPS) is 26.0. The van der Waals surface area contributed by atoms with Crippen LogP contribution in [0.25, 0.3) is 0 Å². The van der Waals surface area contributed by atoms with Gasteiger partial charge in [-0.25, -0.2) is 0 Å². The molecule has 0 amide bonds. The van der Waals surface area contributed by atoms with Crippen LogP contribution in [-0.2, 0) is 11.3 Å². The van der Waals surface area contributed by atoms with Crippen molar-refractivity contribution in [3.63, 3.8) is 0 Å². The van der Waals surface area contributed by atoms with Crippen molar-refractivity contribution in [2.24, 2.45) is 0 Å². The third-order valence-corrected chi connectivity index (χ3v) is 4.99. The molecule has 1 aliphatic carbocycles. The summed E-state index contributed by atoms with van der Waals surface area (Å²) >= 11 is 0. The zero-order chi connectivity index (χ0) is 14.0. The average molecular weight is 277 g/mol. The minimum atomic E-state index is 0.157. The first-order valence-corrected chi connectivity index (χ1v) is 8.06. The van der Waals surface area contributed by atoms with Gasteiger partial charge in [0.25, 0.3) is 0 Å². The van der Waals surface area contributed by atoms with Crippen LogP contribution in [0.4, 0.5) is 0 Å². The van der Waals surface area contributed by atoms with Crippen molar-refractivity contribution in [3.8, 4) is 0 Å². The maximum Gasteiger partial charge on any atom is 0.0703 e. The highest BCUT2D eigenvalue weighted by Gasteiger charge is 2.39. The van der Waals surface area contributed by atoms with E-state index in [2.05, 4.69) is 23.1 Å². The van der Waals surface area contributed by atoms with E-state index in [1.54, 1.807) is 0 Å². The van der Waals surface area contributed by atoms with Crippen LogP contribution in [0, 0.1) is 6.92 Å². The van der Waals surface area contributed by atoms with Crippen LogP contribution in [0.5, 0.6) is 0 Å². The Kier molecular flexibility index (Phi) is 4.13. The molecule has 1 saturated carbocycles. The number of hydrogen-bond donors (Lipinski definition) is 1. The minimum absolute atomic E-state index is 0.157. The Labute approximate surface area is 121 Å². The Balaban J connectivity index is 1.74. The van der Waals surface area contributed by atoms with Gasteiger partial charge in [0.2, 0.25) is 0 Å². The Morgan fingerprint density at radius 3 is 2.95 bits per heavy atom. The Hall–Kier alpha value is -0.870. The fourth-order valence-corrected chi connectivity index (χ4v) is 3.84. The van der Waals surface area contributed by atoms with E-state index < -0.39 is 0 Å². The summed E-state index contributed by atoms with van der Waals surface area (Å²) in [6.45, 7) is 3.91. The maximum absolute atomic E-state index is 6.19.